The second-order valence-electron chi connectivity index (χ2n) is 4.78. The summed E-state index contributed by atoms with van der Waals surface area (Å²) in [5, 5.41) is 6.85. The molecule has 0 aliphatic heterocycles. The molecular weight excluding hydrogens is 208 g/mol. The maximum absolute atomic E-state index is 3.46. The molecule has 0 fully saturated rings. The lowest BCUT2D eigenvalue weighted by molar-refractivity contribution is 0.556. The average molecular weight is 234 g/mol. The minimum Gasteiger partial charge on any atom is -0.315 e. The van der Waals surface area contributed by atoms with Crippen LogP contribution in [0.3, 0.4) is 0 Å². The van der Waals surface area contributed by atoms with Crippen LogP contribution in [-0.4, -0.2) is 25.7 Å². The summed E-state index contributed by atoms with van der Waals surface area (Å²) < 4.78 is 0. The molecule has 0 atom stereocenters. The molecule has 0 aromatic heterocycles. The van der Waals surface area contributed by atoms with Crippen molar-refractivity contribution in [2.24, 2.45) is 0 Å². The van der Waals surface area contributed by atoms with Crippen molar-refractivity contribution in [2.45, 2.75) is 39.7 Å². The summed E-state index contributed by atoms with van der Waals surface area (Å²) in [5.74, 6) is 0. The van der Waals surface area contributed by atoms with Crippen molar-refractivity contribution in [1.82, 2.24) is 10.6 Å². The topological polar surface area (TPSA) is 24.1 Å². The average Bonchev–Trinajstić information content (AvgIpc) is 2.34. The highest BCUT2D eigenvalue weighted by molar-refractivity contribution is 5.22. The van der Waals surface area contributed by atoms with Gasteiger partial charge in [0.2, 0.25) is 0 Å². The molecular formula is C15H26N2. The van der Waals surface area contributed by atoms with Crippen molar-refractivity contribution in [2.75, 3.05) is 19.6 Å². The second-order valence-corrected chi connectivity index (χ2v) is 4.78. The Morgan fingerprint density at radius 1 is 0.941 bits per heavy atom. The zero-order chi connectivity index (χ0) is 12.5. The maximum Gasteiger partial charge on any atom is 0.00790 e. The fourth-order valence-corrected chi connectivity index (χ4v) is 1.75. The zero-order valence-corrected chi connectivity index (χ0v) is 11.4. The van der Waals surface area contributed by atoms with E-state index in [9.17, 15) is 0 Å². The van der Waals surface area contributed by atoms with E-state index in [2.05, 4.69) is 55.7 Å². The molecule has 0 spiro atoms. The summed E-state index contributed by atoms with van der Waals surface area (Å²) in [7, 11) is 0. The standard InChI is InChI=1S/C15H26N2/c1-4-14-5-7-15(8-6-14)9-10-16-11-12-17-13(2)3/h5-8,13,16-17H,4,9-12H2,1-3H3. The van der Waals surface area contributed by atoms with Crippen molar-refractivity contribution in [3.05, 3.63) is 35.4 Å². The van der Waals surface area contributed by atoms with Crippen LogP contribution in [0.2, 0.25) is 0 Å². The van der Waals surface area contributed by atoms with Gasteiger partial charge in [0.15, 0.2) is 0 Å². The maximum atomic E-state index is 3.46. The predicted molar refractivity (Wildman–Crippen MR) is 75.5 cm³/mol. The third kappa shape index (κ3) is 6.44. The minimum atomic E-state index is 0.582. The molecule has 2 N–H and O–H groups in total. The van der Waals surface area contributed by atoms with Crippen molar-refractivity contribution in [3.8, 4) is 0 Å². The zero-order valence-electron chi connectivity index (χ0n) is 11.4. The van der Waals surface area contributed by atoms with Crippen molar-refractivity contribution in [1.29, 1.82) is 0 Å². The second kappa shape index (κ2) is 8.26. The Hall–Kier alpha value is -0.860. The number of nitrogens with one attached hydrogen (secondary N) is 2. The number of aryl methyl sites for hydroxylation is 1. The molecule has 2 heteroatoms. The van der Waals surface area contributed by atoms with Crippen LogP contribution < -0.4 is 10.6 Å². The molecule has 0 saturated carbocycles. The van der Waals surface area contributed by atoms with E-state index in [0.717, 1.165) is 32.5 Å². The molecule has 0 amide bonds. The van der Waals surface area contributed by atoms with E-state index in [4.69, 9.17) is 0 Å². The molecule has 0 heterocycles. The Labute approximate surface area is 106 Å². The van der Waals surface area contributed by atoms with Gasteiger partial charge in [0.05, 0.1) is 0 Å². The fourth-order valence-electron chi connectivity index (χ4n) is 1.75. The van der Waals surface area contributed by atoms with Crippen LogP contribution in [0.1, 0.15) is 31.9 Å². The van der Waals surface area contributed by atoms with Gasteiger partial charge in [0.25, 0.3) is 0 Å². The molecule has 1 aromatic rings. The third-order valence-corrected chi connectivity index (χ3v) is 2.88. The summed E-state index contributed by atoms with van der Waals surface area (Å²) in [6, 6.07) is 9.53. The smallest absolute Gasteiger partial charge is 0.00790 e. The fraction of sp³-hybridized carbons (Fsp3) is 0.600. The van der Waals surface area contributed by atoms with Crippen LogP contribution >= 0.6 is 0 Å². The summed E-state index contributed by atoms with van der Waals surface area (Å²) in [5.41, 5.74) is 2.84. The molecule has 17 heavy (non-hydrogen) atoms. The molecule has 2 nitrogen and oxygen atoms in total. The largest absolute Gasteiger partial charge is 0.315 e. The van der Waals surface area contributed by atoms with Gasteiger partial charge in [-0.1, -0.05) is 45.0 Å². The lowest BCUT2D eigenvalue weighted by Gasteiger charge is -2.09. The molecule has 0 saturated heterocycles. The predicted octanol–water partition coefficient (Wildman–Crippen LogP) is 2.38. The first kappa shape index (κ1) is 14.2. The molecule has 0 bridgehead atoms. The molecule has 0 aliphatic carbocycles. The van der Waals surface area contributed by atoms with Gasteiger partial charge in [0.1, 0.15) is 0 Å². The van der Waals surface area contributed by atoms with E-state index < -0.39 is 0 Å². The molecule has 96 valence electrons. The Morgan fingerprint density at radius 2 is 1.59 bits per heavy atom. The molecule has 0 aliphatic rings. The van der Waals surface area contributed by atoms with Gasteiger partial charge < -0.3 is 10.6 Å². The van der Waals surface area contributed by atoms with Crippen molar-refractivity contribution < 1.29 is 0 Å². The molecule has 1 rings (SSSR count). The summed E-state index contributed by atoms with van der Waals surface area (Å²) in [6.45, 7) is 9.70. The third-order valence-electron chi connectivity index (χ3n) is 2.88. The van der Waals surface area contributed by atoms with E-state index in [1.807, 2.05) is 0 Å². The number of hydrogen-bond acceptors (Lipinski definition) is 2. The highest BCUT2D eigenvalue weighted by Gasteiger charge is 1.94. The Balaban J connectivity index is 2.09. The summed E-state index contributed by atoms with van der Waals surface area (Å²) >= 11 is 0. The SMILES string of the molecule is CCc1ccc(CCNCCNC(C)C)cc1. The normalized spacial score (nSPS) is 11.1. The van der Waals surface area contributed by atoms with E-state index in [1.165, 1.54) is 11.1 Å². The van der Waals surface area contributed by atoms with Gasteiger partial charge in [-0.25, -0.2) is 0 Å². The monoisotopic (exact) mass is 234 g/mol. The summed E-state index contributed by atoms with van der Waals surface area (Å²) in [6.07, 6.45) is 2.24. The number of benzene rings is 1. The van der Waals surface area contributed by atoms with Crippen molar-refractivity contribution in [3.63, 3.8) is 0 Å². The molecule has 0 unspecified atom stereocenters. The van der Waals surface area contributed by atoms with Crippen LogP contribution in [0, 0.1) is 0 Å². The Morgan fingerprint density at radius 3 is 2.18 bits per heavy atom. The van der Waals surface area contributed by atoms with Crippen LogP contribution in [-0.2, 0) is 12.8 Å². The van der Waals surface area contributed by atoms with Gasteiger partial charge in [-0.3, -0.25) is 0 Å². The molecule has 1 aromatic carbocycles. The highest BCUT2D eigenvalue weighted by Crippen LogP contribution is 2.05. The van der Waals surface area contributed by atoms with Gasteiger partial charge in [0, 0.05) is 19.1 Å². The minimum absolute atomic E-state index is 0.582. The highest BCUT2D eigenvalue weighted by atomic mass is 14.9. The van der Waals surface area contributed by atoms with Gasteiger partial charge in [-0.05, 0) is 30.5 Å². The Kier molecular flexibility index (Phi) is 6.90. The van der Waals surface area contributed by atoms with E-state index in [1.54, 1.807) is 0 Å². The number of rotatable bonds is 8. The first-order valence-corrected chi connectivity index (χ1v) is 6.74. The summed E-state index contributed by atoms with van der Waals surface area (Å²) in [4.78, 5) is 0. The number of hydrogen-bond donors (Lipinski definition) is 2. The molecule has 0 radical (unpaired) electrons. The van der Waals surface area contributed by atoms with Crippen LogP contribution in [0.15, 0.2) is 24.3 Å². The van der Waals surface area contributed by atoms with Gasteiger partial charge in [-0.2, -0.15) is 0 Å². The quantitative estimate of drug-likeness (QED) is 0.675. The van der Waals surface area contributed by atoms with E-state index in [0.29, 0.717) is 6.04 Å². The lowest BCUT2D eigenvalue weighted by Crippen LogP contribution is -2.32. The Bertz CT molecular complexity index is 290. The first-order valence-electron chi connectivity index (χ1n) is 6.74. The first-order chi connectivity index (χ1) is 8.22. The van der Waals surface area contributed by atoms with Crippen LogP contribution in [0.5, 0.6) is 0 Å². The van der Waals surface area contributed by atoms with Crippen LogP contribution in [0.25, 0.3) is 0 Å². The lowest BCUT2D eigenvalue weighted by atomic mass is 10.1. The van der Waals surface area contributed by atoms with Crippen LogP contribution in [0.4, 0.5) is 0 Å². The van der Waals surface area contributed by atoms with Gasteiger partial charge in [-0.15, -0.1) is 0 Å². The van der Waals surface area contributed by atoms with Gasteiger partial charge >= 0.3 is 0 Å². The van der Waals surface area contributed by atoms with Crippen molar-refractivity contribution >= 4 is 0 Å². The van der Waals surface area contributed by atoms with E-state index in [-0.39, 0.29) is 0 Å². The van der Waals surface area contributed by atoms with E-state index >= 15 is 0 Å².